The number of hydrogen-bond donors (Lipinski definition) is 1. The molecule has 0 saturated heterocycles. The lowest BCUT2D eigenvalue weighted by atomic mass is 10.4. The Balaban J connectivity index is 2.91. The summed E-state index contributed by atoms with van der Waals surface area (Å²) < 4.78 is 1.55. The number of hydrogen-bond acceptors (Lipinski definition) is 4. The summed E-state index contributed by atoms with van der Waals surface area (Å²) in [6, 6.07) is 4.96. The maximum absolute atomic E-state index is 10.6. The Labute approximate surface area is 79.1 Å². The zero-order valence-electron chi connectivity index (χ0n) is 7.47. The molecule has 2 rings (SSSR count). The van der Waals surface area contributed by atoms with Gasteiger partial charge in [-0.15, -0.1) is 0 Å². The van der Waals surface area contributed by atoms with E-state index in [9.17, 15) is 10.1 Å². The number of fused-ring (bicyclic) bond motifs is 1. The van der Waals surface area contributed by atoms with Gasteiger partial charge in [0, 0.05) is 6.92 Å². The van der Waals surface area contributed by atoms with Crippen LogP contribution in [0, 0.1) is 17.0 Å². The van der Waals surface area contributed by atoms with Crippen molar-refractivity contribution >= 4 is 17.2 Å². The van der Waals surface area contributed by atoms with Crippen molar-refractivity contribution in [3.05, 3.63) is 34.1 Å². The Morgan fingerprint density at radius 3 is 2.93 bits per heavy atom. The number of imidazole rings is 1. The number of aromatic nitrogens is 2. The second kappa shape index (κ2) is 2.69. The Hall–Kier alpha value is -2.11. The molecular formula is C8H8N4O2. The van der Waals surface area contributed by atoms with E-state index in [1.807, 2.05) is 0 Å². The van der Waals surface area contributed by atoms with E-state index in [1.165, 1.54) is 0 Å². The first-order valence-electron chi connectivity index (χ1n) is 3.99. The van der Waals surface area contributed by atoms with Crippen LogP contribution in [0.15, 0.2) is 18.2 Å². The van der Waals surface area contributed by atoms with E-state index in [-0.39, 0.29) is 5.82 Å². The second-order valence-corrected chi connectivity index (χ2v) is 2.91. The van der Waals surface area contributed by atoms with Gasteiger partial charge in [0.2, 0.25) is 5.82 Å². The highest BCUT2D eigenvalue weighted by molar-refractivity contribution is 5.65. The highest BCUT2D eigenvalue weighted by Crippen LogP contribution is 2.22. The molecule has 0 unspecified atom stereocenters. The molecule has 72 valence electrons. The van der Waals surface area contributed by atoms with Crippen molar-refractivity contribution in [2.45, 2.75) is 6.92 Å². The Morgan fingerprint density at radius 1 is 1.57 bits per heavy atom. The number of aryl methyl sites for hydroxylation is 1. The Morgan fingerprint density at radius 2 is 2.29 bits per heavy atom. The number of pyridine rings is 1. The summed E-state index contributed by atoms with van der Waals surface area (Å²) in [6.45, 7) is 1.68. The van der Waals surface area contributed by atoms with Gasteiger partial charge in [-0.25, -0.2) is 0 Å². The monoisotopic (exact) mass is 192 g/mol. The van der Waals surface area contributed by atoms with Crippen LogP contribution < -0.4 is 5.73 Å². The lowest BCUT2D eigenvalue weighted by Gasteiger charge is -1.97. The van der Waals surface area contributed by atoms with Crippen LogP contribution in [0.3, 0.4) is 0 Å². The minimum atomic E-state index is -0.512. The molecular weight excluding hydrogens is 184 g/mol. The standard InChI is InChI=1S/C8H8N4O2/c1-5-10-8(12(13)14)6-3-2-4-7(9)11(5)6/h2-4H,9H2,1H3. The molecule has 0 atom stereocenters. The molecule has 6 heteroatoms. The number of nitrogens with two attached hydrogens (primary N) is 1. The number of anilines is 1. The summed E-state index contributed by atoms with van der Waals surface area (Å²) in [5.74, 6) is 0.806. The Bertz CT molecular complexity index is 517. The average molecular weight is 192 g/mol. The van der Waals surface area contributed by atoms with Gasteiger partial charge in [0.15, 0.2) is 0 Å². The smallest absolute Gasteiger partial charge is 0.385 e. The topological polar surface area (TPSA) is 86.5 Å². The highest BCUT2D eigenvalue weighted by Gasteiger charge is 2.19. The lowest BCUT2D eigenvalue weighted by molar-refractivity contribution is -0.387. The average Bonchev–Trinajstić information content (AvgIpc) is 2.45. The first-order valence-corrected chi connectivity index (χ1v) is 3.99. The van der Waals surface area contributed by atoms with Crippen molar-refractivity contribution < 1.29 is 4.92 Å². The van der Waals surface area contributed by atoms with Crippen molar-refractivity contribution in [3.63, 3.8) is 0 Å². The minimum Gasteiger partial charge on any atom is -0.385 e. The van der Waals surface area contributed by atoms with Crippen LogP contribution in [0.1, 0.15) is 5.82 Å². The van der Waals surface area contributed by atoms with Crippen LogP contribution in [0.4, 0.5) is 11.6 Å². The van der Waals surface area contributed by atoms with E-state index in [2.05, 4.69) is 4.98 Å². The van der Waals surface area contributed by atoms with Gasteiger partial charge in [0.1, 0.15) is 11.3 Å². The molecule has 0 radical (unpaired) electrons. The van der Waals surface area contributed by atoms with Gasteiger partial charge < -0.3 is 15.8 Å². The third-order valence-electron chi connectivity index (χ3n) is 2.01. The molecule has 0 fully saturated rings. The molecule has 2 heterocycles. The molecule has 2 aromatic rings. The Kier molecular flexibility index (Phi) is 1.63. The van der Waals surface area contributed by atoms with Crippen LogP contribution in [0.5, 0.6) is 0 Å². The molecule has 0 aliphatic heterocycles. The van der Waals surface area contributed by atoms with Crippen molar-refractivity contribution in [3.8, 4) is 0 Å². The molecule has 0 saturated carbocycles. The van der Waals surface area contributed by atoms with Gasteiger partial charge in [-0.1, -0.05) is 6.07 Å². The molecule has 0 spiro atoms. The molecule has 2 aromatic heterocycles. The minimum absolute atomic E-state index is 0.158. The predicted octanol–water partition coefficient (Wildman–Crippen LogP) is 1.13. The summed E-state index contributed by atoms with van der Waals surface area (Å²) in [4.78, 5) is 14.0. The summed E-state index contributed by atoms with van der Waals surface area (Å²) >= 11 is 0. The lowest BCUT2D eigenvalue weighted by Crippen LogP contribution is -1.97. The van der Waals surface area contributed by atoms with Crippen LogP contribution in [-0.2, 0) is 0 Å². The van der Waals surface area contributed by atoms with Crippen LogP contribution in [0.2, 0.25) is 0 Å². The van der Waals surface area contributed by atoms with Gasteiger partial charge in [0.25, 0.3) is 0 Å². The summed E-state index contributed by atoms with van der Waals surface area (Å²) in [5, 5.41) is 10.6. The van der Waals surface area contributed by atoms with Gasteiger partial charge in [-0.2, -0.15) is 0 Å². The van der Waals surface area contributed by atoms with Crippen molar-refractivity contribution in [1.82, 2.24) is 9.38 Å². The fraction of sp³-hybridized carbons (Fsp3) is 0.125. The quantitative estimate of drug-likeness (QED) is 0.542. The number of rotatable bonds is 1. The third-order valence-corrected chi connectivity index (χ3v) is 2.01. The van der Waals surface area contributed by atoms with Crippen LogP contribution in [0.25, 0.3) is 5.52 Å². The molecule has 0 bridgehead atoms. The van der Waals surface area contributed by atoms with Gasteiger partial charge in [-0.05, 0) is 22.0 Å². The maximum Gasteiger partial charge on any atom is 0.389 e. The van der Waals surface area contributed by atoms with Gasteiger partial charge >= 0.3 is 5.82 Å². The predicted molar refractivity (Wildman–Crippen MR) is 51.0 cm³/mol. The van der Waals surface area contributed by atoms with Crippen LogP contribution in [-0.4, -0.2) is 14.3 Å². The van der Waals surface area contributed by atoms with E-state index < -0.39 is 4.92 Å². The second-order valence-electron chi connectivity index (χ2n) is 2.91. The number of nitro groups is 1. The van der Waals surface area contributed by atoms with E-state index in [0.29, 0.717) is 17.2 Å². The number of nitrogens with zero attached hydrogens (tertiary/aromatic N) is 3. The summed E-state index contributed by atoms with van der Waals surface area (Å²) in [6.07, 6.45) is 0. The molecule has 0 aliphatic carbocycles. The summed E-state index contributed by atoms with van der Waals surface area (Å²) in [7, 11) is 0. The molecule has 0 aliphatic rings. The zero-order chi connectivity index (χ0) is 10.3. The SMILES string of the molecule is Cc1nc([N+](=O)[O-])c2cccc(N)n12. The highest BCUT2D eigenvalue weighted by atomic mass is 16.6. The van der Waals surface area contributed by atoms with E-state index >= 15 is 0 Å². The number of nitrogen functional groups attached to an aromatic ring is 1. The van der Waals surface area contributed by atoms with Crippen molar-refractivity contribution in [2.24, 2.45) is 0 Å². The fourth-order valence-corrected chi connectivity index (χ4v) is 1.46. The van der Waals surface area contributed by atoms with Gasteiger partial charge in [-0.3, -0.25) is 4.40 Å². The van der Waals surface area contributed by atoms with Gasteiger partial charge in [0.05, 0.1) is 0 Å². The molecule has 14 heavy (non-hydrogen) atoms. The third kappa shape index (κ3) is 1.00. The van der Waals surface area contributed by atoms with Crippen molar-refractivity contribution in [1.29, 1.82) is 0 Å². The molecule has 0 aromatic carbocycles. The zero-order valence-corrected chi connectivity index (χ0v) is 7.47. The molecule has 2 N–H and O–H groups in total. The van der Waals surface area contributed by atoms with Crippen LogP contribution >= 0.6 is 0 Å². The summed E-state index contributed by atoms with van der Waals surface area (Å²) in [5.41, 5.74) is 6.09. The first kappa shape index (κ1) is 8.49. The van der Waals surface area contributed by atoms with E-state index in [1.54, 1.807) is 29.5 Å². The van der Waals surface area contributed by atoms with Crippen molar-refractivity contribution in [2.75, 3.05) is 5.73 Å². The molecule has 0 amide bonds. The fourth-order valence-electron chi connectivity index (χ4n) is 1.46. The largest absolute Gasteiger partial charge is 0.389 e. The first-order chi connectivity index (χ1) is 6.61. The van der Waals surface area contributed by atoms with E-state index in [4.69, 9.17) is 5.73 Å². The maximum atomic E-state index is 10.6. The van der Waals surface area contributed by atoms with E-state index in [0.717, 1.165) is 0 Å². The normalized spacial score (nSPS) is 10.6. The molecule has 6 nitrogen and oxygen atoms in total.